The Morgan fingerprint density at radius 2 is 2.37 bits per heavy atom. The number of aryl methyl sites for hydroxylation is 2. The summed E-state index contributed by atoms with van der Waals surface area (Å²) in [5, 5.41) is 10.9. The Labute approximate surface area is 111 Å². The van der Waals surface area contributed by atoms with Gasteiger partial charge < -0.3 is 19.0 Å². The van der Waals surface area contributed by atoms with E-state index in [0.29, 0.717) is 17.8 Å². The lowest BCUT2D eigenvalue weighted by Crippen LogP contribution is -2.20. The zero-order chi connectivity index (χ0) is 13.2. The van der Waals surface area contributed by atoms with E-state index in [4.69, 9.17) is 9.15 Å². The molecule has 2 atom stereocenters. The number of hydrogen-bond donors (Lipinski definition) is 1. The average molecular weight is 263 g/mol. The Hall–Kier alpha value is -1.89. The molecule has 0 bridgehead atoms. The van der Waals surface area contributed by atoms with Gasteiger partial charge in [-0.2, -0.15) is 0 Å². The number of nitrogens with zero attached hydrogens (tertiary/aromatic N) is 4. The molecule has 19 heavy (non-hydrogen) atoms. The van der Waals surface area contributed by atoms with E-state index in [9.17, 15) is 0 Å². The maximum absolute atomic E-state index is 5.79. The zero-order valence-corrected chi connectivity index (χ0v) is 11.0. The van der Waals surface area contributed by atoms with Gasteiger partial charge >= 0.3 is 6.01 Å². The monoisotopic (exact) mass is 263 g/mol. The molecular weight excluding hydrogens is 246 g/mol. The van der Waals surface area contributed by atoms with Crippen LogP contribution in [0.3, 0.4) is 0 Å². The summed E-state index contributed by atoms with van der Waals surface area (Å²) in [7, 11) is 1.98. The highest BCUT2D eigenvalue weighted by Crippen LogP contribution is 2.33. The zero-order valence-electron chi connectivity index (χ0n) is 11.0. The van der Waals surface area contributed by atoms with Crippen LogP contribution in [0.25, 0.3) is 0 Å². The van der Waals surface area contributed by atoms with E-state index in [1.807, 2.05) is 17.8 Å². The first kappa shape index (κ1) is 12.2. The molecule has 1 saturated heterocycles. The van der Waals surface area contributed by atoms with Crippen LogP contribution in [-0.2, 0) is 11.8 Å². The van der Waals surface area contributed by atoms with E-state index < -0.39 is 0 Å². The lowest BCUT2D eigenvalue weighted by molar-refractivity contribution is 0.0838. The molecule has 7 heteroatoms. The van der Waals surface area contributed by atoms with Crippen LogP contribution in [0.15, 0.2) is 16.8 Å². The Morgan fingerprint density at radius 1 is 1.47 bits per heavy atom. The van der Waals surface area contributed by atoms with Crippen LogP contribution in [0.2, 0.25) is 0 Å². The summed E-state index contributed by atoms with van der Waals surface area (Å²) < 4.78 is 13.1. The molecule has 0 aromatic carbocycles. The molecule has 3 rings (SSSR count). The molecule has 3 heterocycles. The second-order valence-corrected chi connectivity index (χ2v) is 4.74. The maximum Gasteiger partial charge on any atom is 0.315 e. The van der Waals surface area contributed by atoms with Gasteiger partial charge in [-0.1, -0.05) is 5.10 Å². The summed E-state index contributed by atoms with van der Waals surface area (Å²) in [6.45, 7) is 3.26. The molecular formula is C12H17N5O2. The van der Waals surface area contributed by atoms with Gasteiger partial charge in [-0.3, -0.25) is 0 Å². The van der Waals surface area contributed by atoms with Gasteiger partial charge in [-0.05, 0) is 6.42 Å². The van der Waals surface area contributed by atoms with Crippen molar-refractivity contribution in [3.8, 4) is 0 Å². The van der Waals surface area contributed by atoms with Crippen molar-refractivity contribution in [1.29, 1.82) is 0 Å². The Balaban J connectivity index is 1.65. The SMILES string of the molecule is Cc1nnc(NC[C@@H]2CCO[C@H]2c2nccn2C)o1. The van der Waals surface area contributed by atoms with Crippen molar-refractivity contribution in [3.05, 3.63) is 24.1 Å². The highest BCUT2D eigenvalue weighted by Gasteiger charge is 2.32. The fourth-order valence-electron chi connectivity index (χ4n) is 2.37. The van der Waals surface area contributed by atoms with E-state index in [1.165, 1.54) is 0 Å². The number of hydrogen-bond acceptors (Lipinski definition) is 6. The van der Waals surface area contributed by atoms with Gasteiger partial charge in [0, 0.05) is 45.4 Å². The first-order valence-corrected chi connectivity index (χ1v) is 6.37. The van der Waals surface area contributed by atoms with Gasteiger partial charge in [0.1, 0.15) is 11.9 Å². The molecule has 7 nitrogen and oxygen atoms in total. The minimum Gasteiger partial charge on any atom is -0.408 e. The molecule has 1 aliphatic rings. The van der Waals surface area contributed by atoms with Crippen LogP contribution >= 0.6 is 0 Å². The second kappa shape index (κ2) is 5.00. The fourth-order valence-corrected chi connectivity index (χ4v) is 2.37. The van der Waals surface area contributed by atoms with Crippen molar-refractivity contribution in [2.75, 3.05) is 18.5 Å². The van der Waals surface area contributed by atoms with Crippen molar-refractivity contribution in [3.63, 3.8) is 0 Å². The van der Waals surface area contributed by atoms with Gasteiger partial charge in [-0.15, -0.1) is 5.10 Å². The third-order valence-corrected chi connectivity index (χ3v) is 3.37. The summed E-state index contributed by atoms with van der Waals surface area (Å²) in [6.07, 6.45) is 4.75. The van der Waals surface area contributed by atoms with Crippen LogP contribution in [0, 0.1) is 12.8 Å². The largest absolute Gasteiger partial charge is 0.408 e. The van der Waals surface area contributed by atoms with E-state index in [-0.39, 0.29) is 6.10 Å². The molecule has 0 amide bonds. The lowest BCUT2D eigenvalue weighted by atomic mass is 10.0. The number of nitrogens with one attached hydrogen (secondary N) is 1. The standard InChI is InChI=1S/C12H17N5O2/c1-8-15-16-12(19-8)14-7-9-3-6-18-10(9)11-13-4-5-17(11)2/h4-5,9-10H,3,6-7H2,1-2H3,(H,14,16)/t9-,10+/m0/s1. The van der Waals surface area contributed by atoms with E-state index in [0.717, 1.165) is 25.4 Å². The first-order valence-electron chi connectivity index (χ1n) is 6.37. The van der Waals surface area contributed by atoms with Crippen LogP contribution in [0.1, 0.15) is 24.2 Å². The number of anilines is 1. The molecule has 0 aliphatic carbocycles. The summed E-state index contributed by atoms with van der Waals surface area (Å²) in [5.74, 6) is 1.88. The van der Waals surface area contributed by atoms with E-state index in [1.54, 1.807) is 13.1 Å². The van der Waals surface area contributed by atoms with E-state index >= 15 is 0 Å². The second-order valence-electron chi connectivity index (χ2n) is 4.74. The third kappa shape index (κ3) is 2.46. The summed E-state index contributed by atoms with van der Waals surface area (Å²) in [5.41, 5.74) is 0. The molecule has 2 aromatic rings. The molecule has 0 radical (unpaired) electrons. The van der Waals surface area contributed by atoms with Crippen LogP contribution in [0.4, 0.5) is 6.01 Å². The first-order chi connectivity index (χ1) is 9.24. The van der Waals surface area contributed by atoms with Gasteiger partial charge in [0.2, 0.25) is 5.89 Å². The summed E-state index contributed by atoms with van der Waals surface area (Å²) in [4.78, 5) is 4.37. The summed E-state index contributed by atoms with van der Waals surface area (Å²) >= 11 is 0. The Morgan fingerprint density at radius 3 is 3.05 bits per heavy atom. The van der Waals surface area contributed by atoms with Crippen molar-refractivity contribution in [2.45, 2.75) is 19.4 Å². The van der Waals surface area contributed by atoms with Crippen LogP contribution in [0.5, 0.6) is 0 Å². The van der Waals surface area contributed by atoms with Gasteiger partial charge in [0.05, 0.1) is 0 Å². The molecule has 0 unspecified atom stereocenters. The molecule has 0 saturated carbocycles. The molecule has 1 fully saturated rings. The van der Waals surface area contributed by atoms with Crippen molar-refractivity contribution >= 4 is 6.01 Å². The van der Waals surface area contributed by atoms with Gasteiger partial charge in [-0.25, -0.2) is 4.98 Å². The maximum atomic E-state index is 5.79. The minimum atomic E-state index is 0.0246. The molecule has 2 aromatic heterocycles. The van der Waals surface area contributed by atoms with Crippen molar-refractivity contribution in [1.82, 2.24) is 19.7 Å². The van der Waals surface area contributed by atoms with E-state index in [2.05, 4.69) is 20.5 Å². The number of ether oxygens (including phenoxy) is 1. The van der Waals surface area contributed by atoms with Gasteiger partial charge in [0.15, 0.2) is 0 Å². The Bertz CT molecular complexity index is 550. The predicted molar refractivity (Wildman–Crippen MR) is 67.5 cm³/mol. The highest BCUT2D eigenvalue weighted by molar-refractivity contribution is 5.17. The minimum absolute atomic E-state index is 0.0246. The highest BCUT2D eigenvalue weighted by atomic mass is 16.5. The Kier molecular flexibility index (Phi) is 3.20. The normalized spacial score (nSPS) is 22.8. The number of imidazole rings is 1. The predicted octanol–water partition coefficient (Wildman–Crippen LogP) is 1.30. The average Bonchev–Trinajstić information content (AvgIpc) is 3.07. The summed E-state index contributed by atoms with van der Waals surface area (Å²) in [6, 6.07) is 0.461. The topological polar surface area (TPSA) is 78.0 Å². The van der Waals surface area contributed by atoms with Crippen molar-refractivity contribution < 1.29 is 9.15 Å². The molecule has 102 valence electrons. The van der Waals surface area contributed by atoms with Crippen LogP contribution in [-0.4, -0.2) is 32.9 Å². The molecule has 0 spiro atoms. The number of aromatic nitrogens is 4. The smallest absolute Gasteiger partial charge is 0.315 e. The van der Waals surface area contributed by atoms with Crippen LogP contribution < -0.4 is 5.32 Å². The number of rotatable bonds is 4. The third-order valence-electron chi connectivity index (χ3n) is 3.37. The molecule has 1 N–H and O–H groups in total. The lowest BCUT2D eigenvalue weighted by Gasteiger charge is -2.18. The van der Waals surface area contributed by atoms with Gasteiger partial charge in [0.25, 0.3) is 0 Å². The van der Waals surface area contributed by atoms with Crippen molar-refractivity contribution in [2.24, 2.45) is 13.0 Å². The quantitative estimate of drug-likeness (QED) is 0.895. The molecule has 1 aliphatic heterocycles. The fraction of sp³-hybridized carbons (Fsp3) is 0.583.